The minimum absolute atomic E-state index is 0.358. The quantitative estimate of drug-likeness (QED) is 0.727. The number of sulfone groups is 1. The molecule has 0 spiro atoms. The van der Waals surface area contributed by atoms with E-state index in [1.165, 1.54) is 0 Å². The van der Waals surface area contributed by atoms with Gasteiger partial charge in [0.1, 0.15) is 0 Å². The second-order valence-corrected chi connectivity index (χ2v) is 7.60. The van der Waals surface area contributed by atoms with Gasteiger partial charge in [-0.1, -0.05) is 47.5 Å². The van der Waals surface area contributed by atoms with Crippen molar-refractivity contribution in [3.63, 3.8) is 0 Å². The lowest BCUT2D eigenvalue weighted by Crippen LogP contribution is -2.09. The van der Waals surface area contributed by atoms with Gasteiger partial charge in [-0.25, -0.2) is 8.42 Å². The van der Waals surface area contributed by atoms with Gasteiger partial charge in [-0.2, -0.15) is 0 Å². The molecular formula is C20H22O2S. The van der Waals surface area contributed by atoms with Crippen molar-refractivity contribution in [3.8, 4) is 0 Å². The number of rotatable bonds is 6. The summed E-state index contributed by atoms with van der Waals surface area (Å²) >= 11 is 0. The van der Waals surface area contributed by atoms with E-state index in [9.17, 15) is 8.42 Å². The summed E-state index contributed by atoms with van der Waals surface area (Å²) in [7, 11) is -3.57. The molecule has 0 saturated carbocycles. The Bertz CT molecular complexity index is 780. The molecule has 2 nitrogen and oxygen atoms in total. The number of benzene rings is 2. The van der Waals surface area contributed by atoms with Crippen LogP contribution in [0.25, 0.3) is 0 Å². The molecule has 0 N–H and O–H groups in total. The summed E-state index contributed by atoms with van der Waals surface area (Å²) in [5, 5.41) is 0. The average Bonchev–Trinajstić information content (AvgIpc) is 2.47. The van der Waals surface area contributed by atoms with Crippen LogP contribution in [0.5, 0.6) is 0 Å². The van der Waals surface area contributed by atoms with Crippen molar-refractivity contribution in [2.24, 2.45) is 0 Å². The SMILES string of the molecule is C=CCc1cc(C)ccc1S(=O)(=O)c1ccc(C)cc1CC=C. The Hall–Kier alpha value is -2.13. The standard InChI is InChI=1S/C20H22O2S/c1-5-7-17-13-15(3)9-11-19(17)23(21,22)20-12-10-16(4)14-18(20)8-6-2/h5-6,9-14H,1-2,7-8H2,3-4H3. The van der Waals surface area contributed by atoms with Crippen LogP contribution in [0.4, 0.5) is 0 Å². The predicted molar refractivity (Wildman–Crippen MR) is 95.6 cm³/mol. The molecule has 0 saturated heterocycles. The van der Waals surface area contributed by atoms with Gasteiger partial charge < -0.3 is 0 Å². The number of aryl methyl sites for hydroxylation is 2. The summed E-state index contributed by atoms with van der Waals surface area (Å²) in [4.78, 5) is 0.717. The average molecular weight is 326 g/mol. The summed E-state index contributed by atoms with van der Waals surface area (Å²) in [6, 6.07) is 10.9. The topological polar surface area (TPSA) is 34.1 Å². The lowest BCUT2D eigenvalue weighted by atomic mass is 10.1. The highest BCUT2D eigenvalue weighted by Gasteiger charge is 2.23. The van der Waals surface area contributed by atoms with Gasteiger partial charge in [0.05, 0.1) is 9.79 Å². The first kappa shape index (κ1) is 17.2. The molecule has 2 rings (SSSR count). The van der Waals surface area contributed by atoms with E-state index in [1.807, 2.05) is 38.1 Å². The fourth-order valence-corrected chi connectivity index (χ4v) is 4.40. The smallest absolute Gasteiger partial charge is 0.207 e. The Morgan fingerprint density at radius 3 is 1.57 bits per heavy atom. The molecule has 2 aromatic rings. The van der Waals surface area contributed by atoms with Gasteiger partial charge in [-0.15, -0.1) is 13.2 Å². The molecule has 0 atom stereocenters. The monoisotopic (exact) mass is 326 g/mol. The third kappa shape index (κ3) is 3.62. The van der Waals surface area contributed by atoms with Crippen LogP contribution in [0.2, 0.25) is 0 Å². The van der Waals surface area contributed by atoms with Crippen molar-refractivity contribution in [3.05, 3.63) is 84.0 Å². The van der Waals surface area contributed by atoms with Gasteiger partial charge in [0.2, 0.25) is 9.84 Å². The number of hydrogen-bond donors (Lipinski definition) is 0. The first-order chi connectivity index (χ1) is 10.9. The fourth-order valence-electron chi connectivity index (χ4n) is 2.69. The zero-order chi connectivity index (χ0) is 17.0. The van der Waals surface area contributed by atoms with Crippen LogP contribution >= 0.6 is 0 Å². The van der Waals surface area contributed by atoms with Crippen molar-refractivity contribution >= 4 is 9.84 Å². The Kier molecular flexibility index (Phi) is 5.22. The summed E-state index contributed by atoms with van der Waals surface area (Å²) < 4.78 is 26.4. The predicted octanol–water partition coefficient (Wildman–Crippen LogP) is 4.59. The van der Waals surface area contributed by atoms with Crippen LogP contribution in [0.3, 0.4) is 0 Å². The molecule has 0 aliphatic rings. The maximum Gasteiger partial charge on any atom is 0.207 e. The van der Waals surface area contributed by atoms with E-state index in [0.717, 1.165) is 22.3 Å². The van der Waals surface area contributed by atoms with Crippen molar-refractivity contribution < 1.29 is 8.42 Å². The molecule has 0 aromatic heterocycles. The summed E-state index contributed by atoms with van der Waals surface area (Å²) in [6.07, 6.45) is 4.51. The molecule has 0 bridgehead atoms. The minimum Gasteiger partial charge on any atom is -0.218 e. The van der Waals surface area contributed by atoms with Crippen LogP contribution in [-0.4, -0.2) is 8.42 Å². The molecule has 23 heavy (non-hydrogen) atoms. The van der Waals surface area contributed by atoms with Crippen molar-refractivity contribution in [2.75, 3.05) is 0 Å². The zero-order valence-electron chi connectivity index (χ0n) is 13.7. The van der Waals surface area contributed by atoms with Crippen LogP contribution in [0.15, 0.2) is 71.5 Å². The van der Waals surface area contributed by atoms with Crippen molar-refractivity contribution in [2.45, 2.75) is 36.5 Å². The molecule has 0 heterocycles. The summed E-state index contributed by atoms with van der Waals surface area (Å²) in [5.74, 6) is 0. The van der Waals surface area contributed by atoms with E-state index in [0.29, 0.717) is 22.6 Å². The van der Waals surface area contributed by atoms with Gasteiger partial charge in [-0.3, -0.25) is 0 Å². The second kappa shape index (κ2) is 6.97. The fraction of sp³-hybridized carbons (Fsp3) is 0.200. The number of allylic oxidation sites excluding steroid dienone is 2. The molecule has 0 aliphatic carbocycles. The first-order valence-corrected chi connectivity index (χ1v) is 9.04. The molecule has 0 fully saturated rings. The highest BCUT2D eigenvalue weighted by molar-refractivity contribution is 7.91. The summed E-state index contributed by atoms with van der Waals surface area (Å²) in [5.41, 5.74) is 3.64. The summed E-state index contributed by atoms with van der Waals surface area (Å²) in [6.45, 7) is 11.4. The third-order valence-electron chi connectivity index (χ3n) is 3.74. The maximum absolute atomic E-state index is 13.2. The van der Waals surface area contributed by atoms with Crippen LogP contribution in [0.1, 0.15) is 22.3 Å². The lowest BCUT2D eigenvalue weighted by Gasteiger charge is -2.14. The van der Waals surface area contributed by atoms with Gasteiger partial charge in [0.15, 0.2) is 0 Å². The third-order valence-corrected chi connectivity index (χ3v) is 5.69. The Morgan fingerprint density at radius 1 is 0.826 bits per heavy atom. The second-order valence-electron chi connectivity index (χ2n) is 5.71. The lowest BCUT2D eigenvalue weighted by molar-refractivity contribution is 0.594. The van der Waals surface area contributed by atoms with Crippen LogP contribution in [0, 0.1) is 13.8 Å². The molecular weight excluding hydrogens is 304 g/mol. The van der Waals surface area contributed by atoms with Crippen molar-refractivity contribution in [1.82, 2.24) is 0 Å². The van der Waals surface area contributed by atoms with E-state index in [-0.39, 0.29) is 0 Å². The molecule has 120 valence electrons. The molecule has 0 radical (unpaired) electrons. The highest BCUT2D eigenvalue weighted by atomic mass is 32.2. The Morgan fingerprint density at radius 2 is 1.22 bits per heavy atom. The molecule has 3 heteroatoms. The van der Waals surface area contributed by atoms with Crippen LogP contribution < -0.4 is 0 Å². The molecule has 0 amide bonds. The Labute approximate surface area is 139 Å². The normalized spacial score (nSPS) is 11.2. The van der Waals surface area contributed by atoms with Gasteiger partial charge >= 0.3 is 0 Å². The van der Waals surface area contributed by atoms with E-state index >= 15 is 0 Å². The van der Waals surface area contributed by atoms with Crippen LogP contribution in [-0.2, 0) is 22.7 Å². The Balaban J connectivity index is 2.68. The van der Waals surface area contributed by atoms with Gasteiger partial charge in [0, 0.05) is 0 Å². The zero-order valence-corrected chi connectivity index (χ0v) is 14.5. The van der Waals surface area contributed by atoms with E-state index in [4.69, 9.17) is 0 Å². The van der Waals surface area contributed by atoms with Gasteiger partial charge in [0.25, 0.3) is 0 Å². The number of hydrogen-bond acceptors (Lipinski definition) is 2. The molecule has 0 aliphatic heterocycles. The van der Waals surface area contributed by atoms with E-state index in [1.54, 1.807) is 24.3 Å². The van der Waals surface area contributed by atoms with E-state index in [2.05, 4.69) is 13.2 Å². The largest absolute Gasteiger partial charge is 0.218 e. The van der Waals surface area contributed by atoms with Crippen molar-refractivity contribution in [1.29, 1.82) is 0 Å². The highest BCUT2D eigenvalue weighted by Crippen LogP contribution is 2.29. The maximum atomic E-state index is 13.2. The molecule has 0 unspecified atom stereocenters. The van der Waals surface area contributed by atoms with E-state index < -0.39 is 9.84 Å². The minimum atomic E-state index is -3.57. The van der Waals surface area contributed by atoms with Gasteiger partial charge in [-0.05, 0) is 49.9 Å². The molecule has 2 aromatic carbocycles. The first-order valence-electron chi connectivity index (χ1n) is 7.56.